The Balaban J connectivity index is 1.72. The molecule has 1 heterocycles. The van der Waals surface area contributed by atoms with Crippen LogP contribution in [0.2, 0.25) is 0 Å². The fourth-order valence-corrected chi connectivity index (χ4v) is 2.14. The molecule has 2 rings (SSSR count). The Morgan fingerprint density at radius 2 is 1.85 bits per heavy atom. The molecule has 0 amide bonds. The molecule has 3 heteroatoms. The van der Waals surface area contributed by atoms with E-state index in [4.69, 9.17) is 11.6 Å². The van der Waals surface area contributed by atoms with Crippen molar-refractivity contribution < 1.29 is 0 Å². The van der Waals surface area contributed by atoms with Gasteiger partial charge in [-0.15, -0.1) is 0 Å². The number of halogens is 1. The van der Waals surface area contributed by atoms with E-state index in [2.05, 4.69) is 16.4 Å². The first-order valence-electron chi connectivity index (χ1n) is 5.05. The Labute approximate surface area is 85.1 Å². The predicted molar refractivity (Wildman–Crippen MR) is 56.0 cm³/mol. The highest BCUT2D eigenvalue weighted by Crippen LogP contribution is 2.27. The molecule has 0 N–H and O–H groups in total. The second kappa shape index (κ2) is 3.99. The first kappa shape index (κ1) is 9.50. The summed E-state index contributed by atoms with van der Waals surface area (Å²) in [4.78, 5) is 4.99. The fraction of sp³-hybridized carbons (Fsp3) is 0.800. The highest BCUT2D eigenvalue weighted by Gasteiger charge is 2.30. The molecule has 1 aliphatic carbocycles. The fourth-order valence-electron chi connectivity index (χ4n) is 1.97. The molecule has 1 aliphatic heterocycles. The van der Waals surface area contributed by atoms with Gasteiger partial charge in [-0.2, -0.15) is 0 Å². The summed E-state index contributed by atoms with van der Waals surface area (Å²) in [7, 11) is 0. The largest absolute Gasteiger partial charge is 0.298 e. The minimum Gasteiger partial charge on any atom is -0.298 e. The predicted octanol–water partition coefficient (Wildman–Crippen LogP) is 1.52. The molecule has 0 spiro atoms. The lowest BCUT2D eigenvalue weighted by Gasteiger charge is -2.34. The summed E-state index contributed by atoms with van der Waals surface area (Å²) >= 11 is 5.77. The quantitative estimate of drug-likeness (QED) is 0.682. The van der Waals surface area contributed by atoms with E-state index in [-0.39, 0.29) is 0 Å². The summed E-state index contributed by atoms with van der Waals surface area (Å²) in [5.41, 5.74) is 0. The molecule has 0 aromatic rings. The highest BCUT2D eigenvalue weighted by atomic mass is 35.5. The van der Waals surface area contributed by atoms with Crippen LogP contribution in [0.15, 0.2) is 11.6 Å². The summed E-state index contributed by atoms with van der Waals surface area (Å²) in [6, 6.07) is 0.918. The van der Waals surface area contributed by atoms with Gasteiger partial charge in [-0.05, 0) is 12.8 Å². The molecule has 2 fully saturated rings. The van der Waals surface area contributed by atoms with Gasteiger partial charge in [-0.1, -0.05) is 18.2 Å². The van der Waals surface area contributed by atoms with Gasteiger partial charge in [-0.25, -0.2) is 0 Å². The maximum Gasteiger partial charge on any atom is 0.0336 e. The second-order valence-corrected chi connectivity index (χ2v) is 4.60. The molecule has 0 aromatic carbocycles. The molecule has 0 bridgehead atoms. The number of nitrogens with zero attached hydrogens (tertiary/aromatic N) is 2. The van der Waals surface area contributed by atoms with Crippen LogP contribution < -0.4 is 0 Å². The lowest BCUT2D eigenvalue weighted by atomic mass is 10.3. The minimum absolute atomic E-state index is 0.764. The number of hydrogen-bond acceptors (Lipinski definition) is 2. The second-order valence-electron chi connectivity index (χ2n) is 4.06. The molecule has 0 radical (unpaired) electrons. The topological polar surface area (TPSA) is 6.48 Å². The minimum atomic E-state index is 0.764. The van der Waals surface area contributed by atoms with Crippen LogP contribution in [-0.2, 0) is 0 Å². The molecule has 0 aromatic heterocycles. The van der Waals surface area contributed by atoms with E-state index in [1.165, 1.54) is 25.9 Å². The lowest BCUT2D eigenvalue weighted by Crippen LogP contribution is -2.47. The van der Waals surface area contributed by atoms with E-state index in [0.29, 0.717) is 0 Å². The molecule has 74 valence electrons. The highest BCUT2D eigenvalue weighted by molar-refractivity contribution is 6.29. The zero-order valence-electron chi connectivity index (χ0n) is 8.01. The van der Waals surface area contributed by atoms with Crippen LogP contribution in [0.4, 0.5) is 0 Å². The van der Waals surface area contributed by atoms with E-state index in [1.54, 1.807) is 0 Å². The van der Waals surface area contributed by atoms with Crippen LogP contribution in [0, 0.1) is 0 Å². The SMILES string of the molecule is C=C(Cl)CN1CCN(C2CC2)CC1. The normalized spacial score (nSPS) is 26.2. The van der Waals surface area contributed by atoms with Gasteiger partial charge in [0.15, 0.2) is 0 Å². The third kappa shape index (κ3) is 2.70. The van der Waals surface area contributed by atoms with Crippen LogP contribution in [-0.4, -0.2) is 48.6 Å². The monoisotopic (exact) mass is 200 g/mol. The van der Waals surface area contributed by atoms with Gasteiger partial charge in [-0.3, -0.25) is 9.80 Å². The molecule has 0 atom stereocenters. The third-order valence-corrected chi connectivity index (χ3v) is 2.98. The van der Waals surface area contributed by atoms with Gasteiger partial charge >= 0.3 is 0 Å². The standard InChI is InChI=1S/C10H17ClN2/c1-9(11)8-12-4-6-13(7-5-12)10-2-3-10/h10H,1-8H2. The van der Waals surface area contributed by atoms with E-state index in [1.807, 2.05) is 0 Å². The van der Waals surface area contributed by atoms with Crippen molar-refractivity contribution in [1.82, 2.24) is 9.80 Å². The van der Waals surface area contributed by atoms with Crippen molar-refractivity contribution in [2.24, 2.45) is 0 Å². The van der Waals surface area contributed by atoms with Gasteiger partial charge in [0.1, 0.15) is 0 Å². The number of piperazine rings is 1. The first-order valence-corrected chi connectivity index (χ1v) is 5.43. The maximum atomic E-state index is 5.77. The van der Waals surface area contributed by atoms with E-state index in [9.17, 15) is 0 Å². The Bertz CT molecular complexity index is 193. The molecular formula is C10H17ClN2. The number of rotatable bonds is 3. The summed E-state index contributed by atoms with van der Waals surface area (Å²) in [5.74, 6) is 0. The van der Waals surface area contributed by atoms with Gasteiger partial charge in [0.2, 0.25) is 0 Å². The van der Waals surface area contributed by atoms with Crippen molar-refractivity contribution in [2.45, 2.75) is 18.9 Å². The number of hydrogen-bond donors (Lipinski definition) is 0. The molecule has 2 nitrogen and oxygen atoms in total. The summed E-state index contributed by atoms with van der Waals surface area (Å²) < 4.78 is 0. The first-order chi connectivity index (χ1) is 6.25. The molecular weight excluding hydrogens is 184 g/mol. The molecule has 2 aliphatic rings. The van der Waals surface area contributed by atoms with Crippen LogP contribution in [0.5, 0.6) is 0 Å². The molecule has 1 saturated carbocycles. The average Bonchev–Trinajstić information content (AvgIpc) is 2.87. The van der Waals surface area contributed by atoms with Gasteiger partial charge in [0.05, 0.1) is 0 Å². The van der Waals surface area contributed by atoms with Crippen molar-refractivity contribution in [3.8, 4) is 0 Å². The zero-order chi connectivity index (χ0) is 9.26. The van der Waals surface area contributed by atoms with Gasteiger partial charge in [0.25, 0.3) is 0 Å². The van der Waals surface area contributed by atoms with Gasteiger partial charge < -0.3 is 0 Å². The summed E-state index contributed by atoms with van der Waals surface area (Å²) in [5, 5.41) is 0.764. The Morgan fingerprint density at radius 1 is 1.23 bits per heavy atom. The van der Waals surface area contributed by atoms with Crippen molar-refractivity contribution in [1.29, 1.82) is 0 Å². The Morgan fingerprint density at radius 3 is 2.31 bits per heavy atom. The van der Waals surface area contributed by atoms with Crippen LogP contribution >= 0.6 is 11.6 Å². The van der Waals surface area contributed by atoms with Crippen molar-refractivity contribution in [2.75, 3.05) is 32.7 Å². The smallest absolute Gasteiger partial charge is 0.0336 e. The molecule has 13 heavy (non-hydrogen) atoms. The summed E-state index contributed by atoms with van der Waals surface area (Å²) in [6.45, 7) is 9.33. The van der Waals surface area contributed by atoms with Crippen LogP contribution in [0.1, 0.15) is 12.8 Å². The van der Waals surface area contributed by atoms with E-state index < -0.39 is 0 Å². The summed E-state index contributed by atoms with van der Waals surface area (Å²) in [6.07, 6.45) is 2.84. The van der Waals surface area contributed by atoms with Crippen LogP contribution in [0.25, 0.3) is 0 Å². The molecule has 0 unspecified atom stereocenters. The van der Waals surface area contributed by atoms with Crippen molar-refractivity contribution in [3.63, 3.8) is 0 Å². The molecule has 1 saturated heterocycles. The van der Waals surface area contributed by atoms with E-state index in [0.717, 1.165) is 30.7 Å². The van der Waals surface area contributed by atoms with E-state index >= 15 is 0 Å². The Hall–Kier alpha value is -0.0500. The maximum absolute atomic E-state index is 5.77. The third-order valence-electron chi connectivity index (χ3n) is 2.87. The van der Waals surface area contributed by atoms with Crippen molar-refractivity contribution in [3.05, 3.63) is 11.6 Å². The van der Waals surface area contributed by atoms with Crippen LogP contribution in [0.3, 0.4) is 0 Å². The Kier molecular flexibility index (Phi) is 2.92. The lowest BCUT2D eigenvalue weighted by molar-refractivity contribution is 0.135. The average molecular weight is 201 g/mol. The van der Waals surface area contributed by atoms with Crippen molar-refractivity contribution >= 4 is 11.6 Å². The van der Waals surface area contributed by atoms with Gasteiger partial charge in [0, 0.05) is 43.8 Å². The zero-order valence-corrected chi connectivity index (χ0v) is 8.76.